The number of ether oxygens (including phenoxy) is 2. The van der Waals surface area contributed by atoms with Gasteiger partial charge in [-0.3, -0.25) is 4.79 Å². The lowest BCUT2D eigenvalue weighted by Crippen LogP contribution is -2.05. The molecule has 0 atom stereocenters. The summed E-state index contributed by atoms with van der Waals surface area (Å²) in [4.78, 5) is 18.8. The number of methoxy groups -OCH3 is 2. The van der Waals surface area contributed by atoms with Crippen molar-refractivity contribution in [2.45, 2.75) is 13.0 Å². The number of fused-ring (bicyclic) bond motifs is 1. The van der Waals surface area contributed by atoms with E-state index in [2.05, 4.69) is 9.97 Å². The fraction of sp³-hybridized carbons (Fsp3) is 0.364. The van der Waals surface area contributed by atoms with Crippen LogP contribution in [0.3, 0.4) is 0 Å². The van der Waals surface area contributed by atoms with E-state index in [1.807, 2.05) is 0 Å². The number of aromatic nitrogens is 3. The van der Waals surface area contributed by atoms with Crippen LogP contribution in [-0.4, -0.2) is 39.8 Å². The molecule has 0 aliphatic carbocycles. The molecule has 96 valence electrons. The minimum atomic E-state index is -0.857. The van der Waals surface area contributed by atoms with Crippen molar-refractivity contribution < 1.29 is 19.4 Å². The van der Waals surface area contributed by atoms with E-state index in [-0.39, 0.29) is 12.4 Å². The highest BCUT2D eigenvalue weighted by molar-refractivity contribution is 5.82. The zero-order valence-electron chi connectivity index (χ0n) is 10.1. The zero-order chi connectivity index (χ0) is 13.1. The molecule has 0 bridgehead atoms. The first-order chi connectivity index (χ1) is 8.65. The van der Waals surface area contributed by atoms with Crippen LogP contribution in [0.25, 0.3) is 11.0 Å². The van der Waals surface area contributed by atoms with Crippen LogP contribution >= 0.6 is 0 Å². The van der Waals surface area contributed by atoms with Crippen molar-refractivity contribution in [1.82, 2.24) is 14.5 Å². The standard InChI is InChI=1S/C11H13N3O4/c1-17-10-7-3-5-14(6-4-8(15)16)9(7)12-11(13-10)18-2/h3,5H,4,6H2,1-2H3,(H,15,16). The SMILES string of the molecule is COc1nc(OC)c2ccn(CCC(=O)O)c2n1. The molecule has 1 N–H and O–H groups in total. The number of hydrogen-bond acceptors (Lipinski definition) is 5. The van der Waals surface area contributed by atoms with Crippen LogP contribution < -0.4 is 9.47 Å². The summed E-state index contributed by atoms with van der Waals surface area (Å²) >= 11 is 0. The number of carboxylic acids is 1. The molecule has 0 amide bonds. The van der Waals surface area contributed by atoms with E-state index in [1.54, 1.807) is 16.8 Å². The number of aryl methyl sites for hydroxylation is 1. The van der Waals surface area contributed by atoms with Gasteiger partial charge in [0.15, 0.2) is 5.65 Å². The zero-order valence-corrected chi connectivity index (χ0v) is 10.1. The van der Waals surface area contributed by atoms with Gasteiger partial charge < -0.3 is 19.1 Å². The second-order valence-electron chi connectivity index (χ2n) is 3.61. The number of hydrogen-bond donors (Lipinski definition) is 1. The lowest BCUT2D eigenvalue weighted by Gasteiger charge is -2.06. The normalized spacial score (nSPS) is 10.6. The first-order valence-electron chi connectivity index (χ1n) is 5.32. The van der Waals surface area contributed by atoms with Crippen LogP contribution in [0.15, 0.2) is 12.3 Å². The summed E-state index contributed by atoms with van der Waals surface area (Å²) in [5.74, 6) is -0.448. The highest BCUT2D eigenvalue weighted by atomic mass is 16.5. The first kappa shape index (κ1) is 12.2. The van der Waals surface area contributed by atoms with Crippen molar-refractivity contribution in [3.63, 3.8) is 0 Å². The summed E-state index contributed by atoms with van der Waals surface area (Å²) in [6.07, 6.45) is 1.78. The van der Waals surface area contributed by atoms with Gasteiger partial charge in [-0.25, -0.2) is 0 Å². The van der Waals surface area contributed by atoms with Crippen LogP contribution in [0.2, 0.25) is 0 Å². The molecular weight excluding hydrogens is 238 g/mol. The van der Waals surface area contributed by atoms with E-state index >= 15 is 0 Å². The molecule has 7 heteroatoms. The summed E-state index contributed by atoms with van der Waals surface area (Å²) in [6.45, 7) is 0.335. The fourth-order valence-corrected chi connectivity index (χ4v) is 1.66. The molecular formula is C11H13N3O4. The Bertz CT molecular complexity index is 579. The molecule has 0 unspecified atom stereocenters. The molecule has 0 spiro atoms. The third kappa shape index (κ3) is 2.20. The predicted octanol–water partition coefficient (Wildman–Crippen LogP) is 0.923. The van der Waals surface area contributed by atoms with E-state index in [1.165, 1.54) is 14.2 Å². The Balaban J connectivity index is 2.46. The van der Waals surface area contributed by atoms with Gasteiger partial charge in [0.25, 0.3) is 0 Å². The summed E-state index contributed by atoms with van der Waals surface area (Å²) < 4.78 is 11.9. The average molecular weight is 251 g/mol. The van der Waals surface area contributed by atoms with E-state index < -0.39 is 5.97 Å². The van der Waals surface area contributed by atoms with Crippen LogP contribution in [0.1, 0.15) is 6.42 Å². The Morgan fingerprint density at radius 2 is 2.17 bits per heavy atom. The van der Waals surface area contributed by atoms with Crippen LogP contribution in [0.5, 0.6) is 11.9 Å². The van der Waals surface area contributed by atoms with Crippen LogP contribution in [0, 0.1) is 0 Å². The minimum absolute atomic E-state index is 0.0262. The smallest absolute Gasteiger partial charge is 0.321 e. The highest BCUT2D eigenvalue weighted by Crippen LogP contribution is 2.25. The maximum absolute atomic E-state index is 10.6. The molecule has 0 fully saturated rings. The molecule has 2 aromatic rings. The predicted molar refractivity (Wildman–Crippen MR) is 62.9 cm³/mol. The van der Waals surface area contributed by atoms with Gasteiger partial charge >= 0.3 is 12.0 Å². The van der Waals surface area contributed by atoms with Crippen molar-refractivity contribution >= 4 is 17.0 Å². The van der Waals surface area contributed by atoms with E-state index in [4.69, 9.17) is 14.6 Å². The van der Waals surface area contributed by atoms with Gasteiger partial charge in [0.1, 0.15) is 0 Å². The van der Waals surface area contributed by atoms with Gasteiger partial charge in [-0.15, -0.1) is 0 Å². The fourth-order valence-electron chi connectivity index (χ4n) is 1.66. The number of carboxylic acid groups (broad SMARTS) is 1. The summed E-state index contributed by atoms with van der Waals surface area (Å²) in [5.41, 5.74) is 0.597. The molecule has 2 aromatic heterocycles. The molecule has 0 aliphatic rings. The summed E-state index contributed by atoms with van der Waals surface area (Å²) in [5, 5.41) is 9.42. The van der Waals surface area contributed by atoms with Crippen LogP contribution in [-0.2, 0) is 11.3 Å². The van der Waals surface area contributed by atoms with Crippen molar-refractivity contribution in [1.29, 1.82) is 0 Å². The molecule has 2 heterocycles. The minimum Gasteiger partial charge on any atom is -0.481 e. The van der Waals surface area contributed by atoms with Gasteiger partial charge in [-0.1, -0.05) is 0 Å². The van der Waals surface area contributed by atoms with Gasteiger partial charge in [0.05, 0.1) is 26.0 Å². The number of carbonyl (C=O) groups is 1. The Labute approximate surface area is 103 Å². The molecule has 0 saturated heterocycles. The quantitative estimate of drug-likeness (QED) is 0.850. The van der Waals surface area contributed by atoms with Crippen LogP contribution in [0.4, 0.5) is 0 Å². The van der Waals surface area contributed by atoms with E-state index in [9.17, 15) is 4.79 Å². The second kappa shape index (κ2) is 4.91. The number of aliphatic carboxylic acids is 1. The second-order valence-corrected chi connectivity index (χ2v) is 3.61. The lowest BCUT2D eigenvalue weighted by molar-refractivity contribution is -0.137. The Hall–Kier alpha value is -2.31. The maximum atomic E-state index is 10.6. The largest absolute Gasteiger partial charge is 0.481 e. The highest BCUT2D eigenvalue weighted by Gasteiger charge is 2.12. The molecule has 0 aliphatic heterocycles. The third-order valence-corrected chi connectivity index (χ3v) is 2.51. The average Bonchev–Trinajstić information content (AvgIpc) is 2.78. The molecule has 18 heavy (non-hydrogen) atoms. The van der Waals surface area contributed by atoms with E-state index in [0.717, 1.165) is 5.39 Å². The summed E-state index contributed by atoms with van der Waals surface area (Å²) in [6, 6.07) is 1.98. The molecule has 7 nitrogen and oxygen atoms in total. The number of rotatable bonds is 5. The molecule has 0 aromatic carbocycles. The lowest BCUT2D eigenvalue weighted by atomic mass is 10.4. The molecule has 2 rings (SSSR count). The van der Waals surface area contributed by atoms with Gasteiger partial charge in [-0.05, 0) is 6.07 Å². The van der Waals surface area contributed by atoms with Gasteiger partial charge in [-0.2, -0.15) is 9.97 Å². The Morgan fingerprint density at radius 1 is 1.39 bits per heavy atom. The van der Waals surface area contributed by atoms with Crippen molar-refractivity contribution in [3.8, 4) is 11.9 Å². The maximum Gasteiger partial charge on any atom is 0.321 e. The van der Waals surface area contributed by atoms with Crippen molar-refractivity contribution in [2.75, 3.05) is 14.2 Å². The van der Waals surface area contributed by atoms with Crippen molar-refractivity contribution in [2.24, 2.45) is 0 Å². The van der Waals surface area contributed by atoms with Gasteiger partial charge in [0.2, 0.25) is 5.88 Å². The summed E-state index contributed by atoms with van der Waals surface area (Å²) in [7, 11) is 2.97. The molecule has 0 radical (unpaired) electrons. The van der Waals surface area contributed by atoms with Gasteiger partial charge in [0, 0.05) is 12.7 Å². The third-order valence-electron chi connectivity index (χ3n) is 2.51. The molecule has 0 saturated carbocycles. The Kier molecular flexibility index (Phi) is 3.31. The van der Waals surface area contributed by atoms with E-state index in [0.29, 0.717) is 18.1 Å². The topological polar surface area (TPSA) is 86.5 Å². The Morgan fingerprint density at radius 3 is 2.78 bits per heavy atom. The first-order valence-corrected chi connectivity index (χ1v) is 5.32. The van der Waals surface area contributed by atoms with Crippen molar-refractivity contribution in [3.05, 3.63) is 12.3 Å². The number of nitrogens with zero attached hydrogens (tertiary/aromatic N) is 3. The monoisotopic (exact) mass is 251 g/mol.